The highest BCUT2D eigenvalue weighted by atomic mass is 16.4. The number of para-hydroxylation sites is 1. The Morgan fingerprint density at radius 3 is 2.43 bits per heavy atom. The number of fused-ring (bicyclic) bond motifs is 1. The highest BCUT2D eigenvalue weighted by Gasteiger charge is 2.30. The molecule has 0 atom stereocenters. The zero-order valence-electron chi connectivity index (χ0n) is 16.4. The van der Waals surface area contributed by atoms with Crippen molar-refractivity contribution in [2.24, 2.45) is 5.92 Å². The van der Waals surface area contributed by atoms with Gasteiger partial charge in [0, 0.05) is 32.1 Å². The molecule has 0 bridgehead atoms. The summed E-state index contributed by atoms with van der Waals surface area (Å²) in [5.41, 5.74) is 1.74. The fraction of sp³-hybridized carbons (Fsp3) is 0.333. The molecule has 2 fully saturated rings. The first-order valence-corrected chi connectivity index (χ1v) is 10.1. The number of carboxylic acid groups (broad SMARTS) is 1. The van der Waals surface area contributed by atoms with E-state index in [1.165, 1.54) is 0 Å². The third kappa shape index (κ3) is 3.42. The molecule has 1 amide bonds. The van der Waals surface area contributed by atoms with Gasteiger partial charge in [-0.05, 0) is 37.1 Å². The van der Waals surface area contributed by atoms with Crippen molar-refractivity contribution >= 4 is 35.0 Å². The number of benzene rings is 1. The zero-order valence-corrected chi connectivity index (χ0v) is 16.4. The maximum absolute atomic E-state index is 12.0. The van der Waals surface area contributed by atoms with Crippen LogP contribution < -0.4 is 15.1 Å². The van der Waals surface area contributed by atoms with E-state index in [9.17, 15) is 14.7 Å². The van der Waals surface area contributed by atoms with Gasteiger partial charge in [-0.2, -0.15) is 9.50 Å². The van der Waals surface area contributed by atoms with Crippen LogP contribution in [0.5, 0.6) is 0 Å². The number of nitrogens with zero attached hydrogens (tertiary/aromatic N) is 5. The number of carbonyl (C=O) groups is 2. The fourth-order valence-electron chi connectivity index (χ4n) is 3.85. The molecule has 154 valence electrons. The van der Waals surface area contributed by atoms with E-state index < -0.39 is 5.97 Å². The Morgan fingerprint density at radius 1 is 0.967 bits per heavy atom. The average Bonchev–Trinajstić information content (AvgIpc) is 3.54. The Kier molecular flexibility index (Phi) is 4.50. The lowest BCUT2D eigenvalue weighted by Gasteiger charge is -2.37. The van der Waals surface area contributed by atoms with Gasteiger partial charge in [-0.1, -0.05) is 18.2 Å². The summed E-state index contributed by atoms with van der Waals surface area (Å²) in [5.74, 6) is 0.392. The van der Waals surface area contributed by atoms with Crippen molar-refractivity contribution in [3.05, 3.63) is 48.0 Å². The van der Waals surface area contributed by atoms with Crippen LogP contribution in [-0.4, -0.2) is 57.8 Å². The van der Waals surface area contributed by atoms with Gasteiger partial charge in [0.2, 0.25) is 11.9 Å². The maximum Gasteiger partial charge on any atom is 0.337 e. The molecule has 2 N–H and O–H groups in total. The highest BCUT2D eigenvalue weighted by molar-refractivity contribution is 5.94. The summed E-state index contributed by atoms with van der Waals surface area (Å²) in [6, 6.07) is 12.9. The van der Waals surface area contributed by atoms with E-state index in [0.717, 1.165) is 37.4 Å². The average molecular weight is 406 g/mol. The third-order valence-corrected chi connectivity index (χ3v) is 5.60. The largest absolute Gasteiger partial charge is 0.478 e. The standard InChI is InChI=1S/C21H22N6O3/c28-19(14-8-9-14)23-21-22-17-6-3-7-18(27(17)24-21)26-12-10-25(11-13-26)16-5-2-1-4-15(16)20(29)30/h1-7,14H,8-13H2,(H,29,30)(H,23,24,28). The molecule has 0 radical (unpaired) electrons. The maximum atomic E-state index is 12.0. The number of amides is 1. The second-order valence-corrected chi connectivity index (χ2v) is 7.65. The van der Waals surface area contributed by atoms with Crippen molar-refractivity contribution in [3.63, 3.8) is 0 Å². The number of carboxylic acids is 1. The van der Waals surface area contributed by atoms with Gasteiger partial charge in [-0.3, -0.25) is 10.1 Å². The molecule has 3 heterocycles. The lowest BCUT2D eigenvalue weighted by Crippen LogP contribution is -2.47. The first-order chi connectivity index (χ1) is 14.6. The Labute approximate surface area is 172 Å². The molecule has 1 aromatic carbocycles. The summed E-state index contributed by atoms with van der Waals surface area (Å²) >= 11 is 0. The second kappa shape index (κ2) is 7.33. The van der Waals surface area contributed by atoms with Crippen LogP contribution in [0.15, 0.2) is 42.5 Å². The number of hydrogen-bond acceptors (Lipinski definition) is 6. The summed E-state index contributed by atoms with van der Waals surface area (Å²) < 4.78 is 1.75. The van der Waals surface area contributed by atoms with Crippen LogP contribution in [0.3, 0.4) is 0 Å². The van der Waals surface area contributed by atoms with Gasteiger partial charge in [0.05, 0.1) is 11.3 Å². The van der Waals surface area contributed by atoms with Gasteiger partial charge in [0.1, 0.15) is 5.82 Å². The van der Waals surface area contributed by atoms with Crippen LogP contribution in [0.25, 0.3) is 5.65 Å². The number of piperazine rings is 1. The quantitative estimate of drug-likeness (QED) is 0.669. The number of aromatic carboxylic acids is 1. The minimum Gasteiger partial charge on any atom is -0.478 e. The van der Waals surface area contributed by atoms with Crippen LogP contribution in [0.4, 0.5) is 17.5 Å². The normalized spacial score (nSPS) is 16.7. The molecule has 5 rings (SSSR count). The van der Waals surface area contributed by atoms with Crippen molar-refractivity contribution in [2.75, 3.05) is 41.3 Å². The number of hydrogen-bond donors (Lipinski definition) is 2. The predicted molar refractivity (Wildman–Crippen MR) is 112 cm³/mol. The van der Waals surface area contributed by atoms with Gasteiger partial charge in [-0.15, -0.1) is 5.10 Å². The van der Waals surface area contributed by atoms with Crippen molar-refractivity contribution in [2.45, 2.75) is 12.8 Å². The van der Waals surface area contributed by atoms with Gasteiger partial charge in [0.15, 0.2) is 5.65 Å². The number of rotatable bonds is 5. The van der Waals surface area contributed by atoms with Crippen molar-refractivity contribution in [1.29, 1.82) is 0 Å². The SMILES string of the molecule is O=C(O)c1ccccc1N1CCN(c2cccc3nc(NC(=O)C4CC4)nn23)CC1. The number of carbonyl (C=O) groups excluding carboxylic acids is 1. The zero-order chi connectivity index (χ0) is 20.7. The third-order valence-electron chi connectivity index (χ3n) is 5.60. The van der Waals surface area contributed by atoms with Gasteiger partial charge in [-0.25, -0.2) is 4.79 Å². The van der Waals surface area contributed by atoms with Crippen molar-refractivity contribution in [1.82, 2.24) is 14.6 Å². The number of anilines is 3. The molecule has 1 aliphatic carbocycles. The predicted octanol–water partition coefficient (Wildman–Crippen LogP) is 2.10. The summed E-state index contributed by atoms with van der Waals surface area (Å²) in [4.78, 5) is 32.3. The van der Waals surface area contributed by atoms with Crippen molar-refractivity contribution in [3.8, 4) is 0 Å². The summed E-state index contributed by atoms with van der Waals surface area (Å²) in [6.45, 7) is 2.83. The topological polar surface area (TPSA) is 103 Å². The molecule has 2 aliphatic rings. The molecule has 9 nitrogen and oxygen atoms in total. The molecule has 0 unspecified atom stereocenters. The molecule has 1 saturated carbocycles. The van der Waals surface area contributed by atoms with E-state index in [2.05, 4.69) is 25.2 Å². The minimum atomic E-state index is -0.916. The van der Waals surface area contributed by atoms with E-state index in [0.29, 0.717) is 30.2 Å². The molecule has 3 aromatic rings. The number of nitrogens with one attached hydrogen (secondary N) is 1. The Hall–Kier alpha value is -3.62. The Morgan fingerprint density at radius 2 is 1.70 bits per heavy atom. The van der Waals surface area contributed by atoms with Crippen molar-refractivity contribution < 1.29 is 14.7 Å². The monoisotopic (exact) mass is 406 g/mol. The van der Waals surface area contributed by atoms with Crippen LogP contribution >= 0.6 is 0 Å². The van der Waals surface area contributed by atoms with Crippen LogP contribution in [-0.2, 0) is 4.79 Å². The highest BCUT2D eigenvalue weighted by Crippen LogP contribution is 2.30. The van der Waals surface area contributed by atoms with E-state index in [4.69, 9.17) is 0 Å². The molecular weight excluding hydrogens is 384 g/mol. The number of pyridine rings is 1. The van der Waals surface area contributed by atoms with E-state index >= 15 is 0 Å². The van der Waals surface area contributed by atoms with E-state index in [1.807, 2.05) is 30.3 Å². The van der Waals surface area contributed by atoms with Crippen LogP contribution in [0.1, 0.15) is 23.2 Å². The molecule has 9 heteroatoms. The molecule has 0 spiro atoms. The summed E-state index contributed by atoms with van der Waals surface area (Å²) in [7, 11) is 0. The first-order valence-electron chi connectivity index (χ1n) is 10.1. The number of aromatic nitrogens is 3. The van der Waals surface area contributed by atoms with Gasteiger partial charge in [0.25, 0.3) is 0 Å². The smallest absolute Gasteiger partial charge is 0.337 e. The second-order valence-electron chi connectivity index (χ2n) is 7.65. The van der Waals surface area contributed by atoms with Gasteiger partial charge < -0.3 is 14.9 Å². The van der Waals surface area contributed by atoms with E-state index in [1.54, 1.807) is 16.6 Å². The van der Waals surface area contributed by atoms with Gasteiger partial charge >= 0.3 is 5.97 Å². The lowest BCUT2D eigenvalue weighted by atomic mass is 10.1. The summed E-state index contributed by atoms with van der Waals surface area (Å²) in [5, 5.41) is 16.8. The Balaban J connectivity index is 1.34. The lowest BCUT2D eigenvalue weighted by molar-refractivity contribution is -0.117. The Bertz CT molecular complexity index is 1110. The summed E-state index contributed by atoms with van der Waals surface area (Å²) in [6.07, 6.45) is 1.86. The fourth-order valence-corrected chi connectivity index (χ4v) is 3.85. The van der Waals surface area contributed by atoms with Crippen LogP contribution in [0.2, 0.25) is 0 Å². The minimum absolute atomic E-state index is 0.0156. The molecule has 30 heavy (non-hydrogen) atoms. The molecule has 2 aromatic heterocycles. The molecule has 1 saturated heterocycles. The van der Waals surface area contributed by atoms with Crippen LogP contribution in [0, 0.1) is 5.92 Å². The first kappa shape index (κ1) is 18.4. The van der Waals surface area contributed by atoms with E-state index in [-0.39, 0.29) is 11.8 Å². The molecule has 1 aliphatic heterocycles. The molecular formula is C21H22N6O3.